The van der Waals surface area contributed by atoms with Crippen molar-refractivity contribution in [1.29, 1.82) is 0 Å². The van der Waals surface area contributed by atoms with Crippen LogP contribution in [0.4, 0.5) is 11.6 Å². The van der Waals surface area contributed by atoms with Crippen LogP contribution < -0.4 is 10.2 Å². The molecule has 3 heterocycles. The highest BCUT2D eigenvalue weighted by Crippen LogP contribution is 2.35. The molecule has 5 nitrogen and oxygen atoms in total. The van der Waals surface area contributed by atoms with Crippen molar-refractivity contribution < 1.29 is 0 Å². The van der Waals surface area contributed by atoms with Gasteiger partial charge in [-0.25, -0.2) is 9.97 Å². The molecule has 5 heteroatoms. The minimum absolute atomic E-state index is 0.224. The SMILES string of the molecule is C[C@@H](c1ccccc1)N1CNc2ncc(-c3ccc4[nH]ccc4c3)nc21. The van der Waals surface area contributed by atoms with E-state index in [2.05, 4.69) is 75.6 Å². The molecule has 128 valence electrons. The van der Waals surface area contributed by atoms with Crippen LogP contribution in [0, 0.1) is 0 Å². The Morgan fingerprint density at radius 1 is 1.08 bits per heavy atom. The van der Waals surface area contributed by atoms with Gasteiger partial charge in [-0.15, -0.1) is 0 Å². The van der Waals surface area contributed by atoms with Crippen LogP contribution >= 0.6 is 0 Å². The highest BCUT2D eigenvalue weighted by Gasteiger charge is 2.27. The molecular weight excluding hydrogens is 322 g/mol. The van der Waals surface area contributed by atoms with Crippen molar-refractivity contribution in [2.45, 2.75) is 13.0 Å². The molecule has 0 radical (unpaired) electrons. The maximum Gasteiger partial charge on any atom is 0.174 e. The standard InChI is InChI=1S/C21H19N5/c1-14(15-5-3-2-4-6-15)26-13-24-20-21(26)25-19(12-23-20)16-7-8-18-17(11-16)9-10-22-18/h2-12,14,22H,13H2,1H3,(H,23,24)/t14-/m0/s1. The van der Waals surface area contributed by atoms with Gasteiger partial charge < -0.3 is 15.2 Å². The number of aromatic amines is 1. The summed E-state index contributed by atoms with van der Waals surface area (Å²) in [5.74, 6) is 1.76. The number of fused-ring (bicyclic) bond motifs is 2. The molecule has 2 aromatic heterocycles. The quantitative estimate of drug-likeness (QED) is 0.573. The molecule has 0 fully saturated rings. The third-order valence-electron chi connectivity index (χ3n) is 5.04. The van der Waals surface area contributed by atoms with Gasteiger partial charge in [-0.2, -0.15) is 0 Å². The minimum atomic E-state index is 0.224. The van der Waals surface area contributed by atoms with E-state index in [9.17, 15) is 0 Å². The van der Waals surface area contributed by atoms with Crippen molar-refractivity contribution in [3.63, 3.8) is 0 Å². The van der Waals surface area contributed by atoms with Crippen LogP contribution in [0.2, 0.25) is 0 Å². The Morgan fingerprint density at radius 2 is 1.96 bits per heavy atom. The molecule has 0 saturated heterocycles. The second-order valence-electron chi connectivity index (χ2n) is 6.60. The Morgan fingerprint density at radius 3 is 2.85 bits per heavy atom. The van der Waals surface area contributed by atoms with Crippen LogP contribution in [0.1, 0.15) is 18.5 Å². The van der Waals surface area contributed by atoms with Gasteiger partial charge in [0.05, 0.1) is 24.6 Å². The summed E-state index contributed by atoms with van der Waals surface area (Å²) < 4.78 is 0. The lowest BCUT2D eigenvalue weighted by Crippen LogP contribution is -2.26. The highest BCUT2D eigenvalue weighted by molar-refractivity contribution is 5.84. The van der Waals surface area contributed by atoms with E-state index in [1.807, 2.05) is 18.5 Å². The molecule has 0 amide bonds. The normalized spacial score (nSPS) is 14.3. The van der Waals surface area contributed by atoms with E-state index >= 15 is 0 Å². The van der Waals surface area contributed by atoms with Gasteiger partial charge in [-0.3, -0.25) is 0 Å². The Balaban J connectivity index is 1.53. The minimum Gasteiger partial charge on any atom is -0.361 e. The summed E-state index contributed by atoms with van der Waals surface area (Å²) in [5.41, 5.74) is 4.36. The predicted molar refractivity (Wildman–Crippen MR) is 105 cm³/mol. The first-order valence-electron chi connectivity index (χ1n) is 8.79. The number of nitrogens with one attached hydrogen (secondary N) is 2. The number of nitrogens with zero attached hydrogens (tertiary/aromatic N) is 3. The average molecular weight is 341 g/mol. The first-order chi connectivity index (χ1) is 12.8. The molecule has 2 N–H and O–H groups in total. The zero-order valence-corrected chi connectivity index (χ0v) is 14.5. The van der Waals surface area contributed by atoms with Crippen LogP contribution in [0.3, 0.4) is 0 Å². The maximum atomic E-state index is 4.93. The predicted octanol–water partition coefficient (Wildman–Crippen LogP) is 4.58. The summed E-state index contributed by atoms with van der Waals surface area (Å²) in [5, 5.41) is 4.53. The van der Waals surface area contributed by atoms with Gasteiger partial charge >= 0.3 is 0 Å². The van der Waals surface area contributed by atoms with Gasteiger partial charge in [-0.05, 0) is 30.7 Å². The van der Waals surface area contributed by atoms with Gasteiger partial charge in [0, 0.05) is 22.7 Å². The molecule has 0 aliphatic carbocycles. The first kappa shape index (κ1) is 15.0. The zero-order valence-electron chi connectivity index (χ0n) is 14.5. The van der Waals surface area contributed by atoms with Crippen molar-refractivity contribution in [2.24, 2.45) is 0 Å². The maximum absolute atomic E-state index is 4.93. The summed E-state index contributed by atoms with van der Waals surface area (Å²) in [6.45, 7) is 2.91. The molecule has 1 aliphatic rings. The summed E-state index contributed by atoms with van der Waals surface area (Å²) in [4.78, 5) is 15.0. The fourth-order valence-electron chi connectivity index (χ4n) is 3.52. The van der Waals surface area contributed by atoms with Gasteiger partial charge in [-0.1, -0.05) is 36.4 Å². The molecule has 4 aromatic rings. The number of aromatic nitrogens is 3. The van der Waals surface area contributed by atoms with E-state index in [4.69, 9.17) is 4.98 Å². The molecule has 0 saturated carbocycles. The molecule has 2 aromatic carbocycles. The average Bonchev–Trinajstić information content (AvgIpc) is 3.33. The van der Waals surface area contributed by atoms with Gasteiger partial charge in [0.1, 0.15) is 0 Å². The van der Waals surface area contributed by atoms with Gasteiger partial charge in [0.2, 0.25) is 0 Å². The molecule has 1 aliphatic heterocycles. The van der Waals surface area contributed by atoms with Crippen molar-refractivity contribution in [3.8, 4) is 11.3 Å². The third kappa shape index (κ3) is 2.40. The Labute approximate surface area is 151 Å². The number of anilines is 2. The fraction of sp³-hybridized carbons (Fsp3) is 0.143. The molecule has 26 heavy (non-hydrogen) atoms. The van der Waals surface area contributed by atoms with Crippen molar-refractivity contribution in [3.05, 3.63) is 72.6 Å². The van der Waals surface area contributed by atoms with Crippen molar-refractivity contribution in [2.75, 3.05) is 16.9 Å². The number of H-pyrrole nitrogens is 1. The summed E-state index contributed by atoms with van der Waals surface area (Å²) in [6, 6.07) is 19.1. The van der Waals surface area contributed by atoms with E-state index in [0.717, 1.165) is 28.4 Å². The summed E-state index contributed by atoms with van der Waals surface area (Å²) >= 11 is 0. The first-order valence-corrected chi connectivity index (χ1v) is 8.79. The topological polar surface area (TPSA) is 56.8 Å². The van der Waals surface area contributed by atoms with Crippen LogP contribution in [-0.4, -0.2) is 21.6 Å². The number of benzene rings is 2. The van der Waals surface area contributed by atoms with Crippen LogP contribution in [0.5, 0.6) is 0 Å². The van der Waals surface area contributed by atoms with Crippen LogP contribution in [-0.2, 0) is 0 Å². The Bertz CT molecular complexity index is 1070. The Kier molecular flexibility index (Phi) is 3.38. The molecule has 0 unspecified atom stereocenters. The van der Waals surface area contributed by atoms with E-state index < -0.39 is 0 Å². The molecule has 0 bridgehead atoms. The van der Waals surface area contributed by atoms with Gasteiger partial charge in [0.25, 0.3) is 0 Å². The van der Waals surface area contributed by atoms with E-state index in [0.29, 0.717) is 6.67 Å². The molecular formula is C21H19N5. The molecule has 5 rings (SSSR count). The summed E-state index contributed by atoms with van der Waals surface area (Å²) in [7, 11) is 0. The third-order valence-corrected chi connectivity index (χ3v) is 5.04. The van der Waals surface area contributed by atoms with Crippen molar-refractivity contribution >= 4 is 22.5 Å². The van der Waals surface area contributed by atoms with E-state index in [1.165, 1.54) is 10.9 Å². The monoisotopic (exact) mass is 341 g/mol. The largest absolute Gasteiger partial charge is 0.361 e. The van der Waals surface area contributed by atoms with Crippen molar-refractivity contribution in [1.82, 2.24) is 15.0 Å². The second kappa shape index (κ2) is 5.88. The fourth-order valence-corrected chi connectivity index (χ4v) is 3.52. The zero-order chi connectivity index (χ0) is 17.5. The smallest absolute Gasteiger partial charge is 0.174 e. The lowest BCUT2D eigenvalue weighted by molar-refractivity contribution is 0.704. The Hall–Kier alpha value is -3.34. The molecule has 0 spiro atoms. The number of hydrogen-bond donors (Lipinski definition) is 2. The molecule has 1 atom stereocenters. The lowest BCUT2D eigenvalue weighted by atomic mass is 10.1. The lowest BCUT2D eigenvalue weighted by Gasteiger charge is -2.25. The van der Waals surface area contributed by atoms with E-state index in [-0.39, 0.29) is 6.04 Å². The second-order valence-corrected chi connectivity index (χ2v) is 6.60. The van der Waals surface area contributed by atoms with Gasteiger partial charge in [0.15, 0.2) is 11.6 Å². The number of rotatable bonds is 3. The summed E-state index contributed by atoms with van der Waals surface area (Å²) in [6.07, 6.45) is 3.80. The van der Waals surface area contributed by atoms with E-state index in [1.54, 1.807) is 0 Å². The van der Waals surface area contributed by atoms with Crippen LogP contribution in [0.15, 0.2) is 67.0 Å². The number of hydrogen-bond acceptors (Lipinski definition) is 4. The highest BCUT2D eigenvalue weighted by atomic mass is 15.4. The van der Waals surface area contributed by atoms with Crippen LogP contribution in [0.25, 0.3) is 22.2 Å².